The minimum Gasteiger partial charge on any atom is -0.377 e. The SMILES string of the molecule is CCc1nn(C)cc1NCc1csc(-c2ccccn2)n1. The molecule has 0 aliphatic carbocycles. The molecule has 6 heteroatoms. The Morgan fingerprint density at radius 3 is 3.00 bits per heavy atom. The Morgan fingerprint density at radius 1 is 1.33 bits per heavy atom. The number of nitrogens with one attached hydrogen (secondary N) is 1. The largest absolute Gasteiger partial charge is 0.377 e. The Morgan fingerprint density at radius 2 is 2.24 bits per heavy atom. The van der Waals surface area contributed by atoms with Gasteiger partial charge in [0.15, 0.2) is 0 Å². The molecule has 0 fully saturated rings. The number of rotatable bonds is 5. The quantitative estimate of drug-likeness (QED) is 0.786. The molecule has 21 heavy (non-hydrogen) atoms. The molecule has 0 amide bonds. The maximum absolute atomic E-state index is 4.62. The van der Waals surface area contributed by atoms with Gasteiger partial charge in [0, 0.05) is 24.8 Å². The van der Waals surface area contributed by atoms with Crippen LogP contribution in [0.25, 0.3) is 10.7 Å². The average Bonchev–Trinajstić information content (AvgIpc) is 3.12. The van der Waals surface area contributed by atoms with Crippen LogP contribution < -0.4 is 5.32 Å². The number of hydrogen-bond donors (Lipinski definition) is 1. The molecule has 108 valence electrons. The van der Waals surface area contributed by atoms with Gasteiger partial charge in [-0.2, -0.15) is 5.10 Å². The smallest absolute Gasteiger partial charge is 0.142 e. The molecular formula is C15H17N5S. The fourth-order valence-corrected chi connectivity index (χ4v) is 2.92. The molecule has 0 saturated heterocycles. The van der Waals surface area contributed by atoms with E-state index in [4.69, 9.17) is 0 Å². The Hall–Kier alpha value is -2.21. The van der Waals surface area contributed by atoms with E-state index in [0.717, 1.165) is 34.2 Å². The molecule has 0 aliphatic heterocycles. The summed E-state index contributed by atoms with van der Waals surface area (Å²) in [6.07, 6.45) is 4.71. The second-order valence-electron chi connectivity index (χ2n) is 4.73. The van der Waals surface area contributed by atoms with Gasteiger partial charge in [0.1, 0.15) is 5.01 Å². The monoisotopic (exact) mass is 299 g/mol. The maximum Gasteiger partial charge on any atom is 0.142 e. The van der Waals surface area contributed by atoms with Crippen molar-refractivity contribution in [1.82, 2.24) is 19.7 Å². The summed E-state index contributed by atoms with van der Waals surface area (Å²) in [5, 5.41) is 10.8. The Labute approximate surface area is 127 Å². The van der Waals surface area contributed by atoms with Crippen LogP contribution in [-0.2, 0) is 20.0 Å². The zero-order valence-corrected chi connectivity index (χ0v) is 12.9. The lowest BCUT2D eigenvalue weighted by atomic mass is 10.3. The fourth-order valence-electron chi connectivity index (χ4n) is 2.12. The van der Waals surface area contributed by atoms with Crippen molar-refractivity contribution in [3.05, 3.63) is 47.4 Å². The van der Waals surface area contributed by atoms with E-state index in [1.165, 1.54) is 0 Å². The first-order chi connectivity index (χ1) is 10.3. The lowest BCUT2D eigenvalue weighted by Crippen LogP contribution is -2.01. The van der Waals surface area contributed by atoms with E-state index < -0.39 is 0 Å². The van der Waals surface area contributed by atoms with Gasteiger partial charge in [0.05, 0.1) is 29.3 Å². The summed E-state index contributed by atoms with van der Waals surface area (Å²) in [4.78, 5) is 8.95. The van der Waals surface area contributed by atoms with Crippen LogP contribution in [0.15, 0.2) is 36.0 Å². The fraction of sp³-hybridized carbons (Fsp3) is 0.267. The van der Waals surface area contributed by atoms with Crippen molar-refractivity contribution in [3.63, 3.8) is 0 Å². The molecule has 0 bridgehead atoms. The van der Waals surface area contributed by atoms with Crippen LogP contribution in [-0.4, -0.2) is 19.7 Å². The van der Waals surface area contributed by atoms with Gasteiger partial charge < -0.3 is 5.32 Å². The highest BCUT2D eigenvalue weighted by Gasteiger charge is 2.08. The molecule has 3 aromatic rings. The highest BCUT2D eigenvalue weighted by atomic mass is 32.1. The van der Waals surface area contributed by atoms with E-state index in [-0.39, 0.29) is 0 Å². The summed E-state index contributed by atoms with van der Waals surface area (Å²) in [6.45, 7) is 2.80. The minimum atomic E-state index is 0.696. The summed E-state index contributed by atoms with van der Waals surface area (Å²) in [5.74, 6) is 0. The summed E-state index contributed by atoms with van der Waals surface area (Å²) in [5.41, 5.74) is 4.10. The summed E-state index contributed by atoms with van der Waals surface area (Å²) in [6, 6.07) is 5.87. The normalized spacial score (nSPS) is 10.8. The highest BCUT2D eigenvalue weighted by molar-refractivity contribution is 7.13. The van der Waals surface area contributed by atoms with Gasteiger partial charge in [-0.15, -0.1) is 11.3 Å². The van der Waals surface area contributed by atoms with Crippen molar-refractivity contribution in [2.24, 2.45) is 7.05 Å². The maximum atomic E-state index is 4.62. The lowest BCUT2D eigenvalue weighted by Gasteiger charge is -2.02. The van der Waals surface area contributed by atoms with Crippen molar-refractivity contribution in [2.45, 2.75) is 19.9 Å². The topological polar surface area (TPSA) is 55.6 Å². The third kappa shape index (κ3) is 3.11. The number of anilines is 1. The molecule has 0 aromatic carbocycles. The van der Waals surface area contributed by atoms with Crippen LogP contribution in [0.2, 0.25) is 0 Å². The third-order valence-electron chi connectivity index (χ3n) is 3.14. The van der Waals surface area contributed by atoms with Gasteiger partial charge in [-0.25, -0.2) is 4.98 Å². The van der Waals surface area contributed by atoms with Crippen molar-refractivity contribution in [2.75, 3.05) is 5.32 Å². The van der Waals surface area contributed by atoms with E-state index in [1.54, 1.807) is 17.5 Å². The standard InChI is InChI=1S/C15H17N5S/c1-3-12-14(9-20(2)19-12)17-8-11-10-21-15(18-11)13-6-4-5-7-16-13/h4-7,9-10,17H,3,8H2,1-2H3. The van der Waals surface area contributed by atoms with Gasteiger partial charge in [-0.05, 0) is 18.6 Å². The van der Waals surface area contributed by atoms with E-state index in [2.05, 4.69) is 32.7 Å². The van der Waals surface area contributed by atoms with Crippen LogP contribution in [0.1, 0.15) is 18.3 Å². The Balaban J connectivity index is 1.70. The van der Waals surface area contributed by atoms with Crippen molar-refractivity contribution in [3.8, 4) is 10.7 Å². The molecule has 0 atom stereocenters. The van der Waals surface area contributed by atoms with E-state index in [9.17, 15) is 0 Å². The van der Waals surface area contributed by atoms with Crippen LogP contribution in [0.5, 0.6) is 0 Å². The molecule has 3 aromatic heterocycles. The molecule has 0 unspecified atom stereocenters. The molecule has 0 radical (unpaired) electrons. The Kier molecular flexibility index (Phi) is 3.96. The molecule has 0 aliphatic rings. The van der Waals surface area contributed by atoms with Crippen LogP contribution in [0, 0.1) is 0 Å². The number of thiazole rings is 1. The van der Waals surface area contributed by atoms with Gasteiger partial charge >= 0.3 is 0 Å². The predicted octanol–water partition coefficient (Wildman–Crippen LogP) is 3.11. The first-order valence-electron chi connectivity index (χ1n) is 6.88. The number of pyridine rings is 1. The number of aryl methyl sites for hydroxylation is 2. The van der Waals surface area contributed by atoms with Crippen molar-refractivity contribution < 1.29 is 0 Å². The molecular weight excluding hydrogens is 282 g/mol. The van der Waals surface area contributed by atoms with Gasteiger partial charge in [0.2, 0.25) is 0 Å². The molecule has 1 N–H and O–H groups in total. The van der Waals surface area contributed by atoms with Gasteiger partial charge in [0.25, 0.3) is 0 Å². The zero-order valence-electron chi connectivity index (χ0n) is 12.1. The summed E-state index contributed by atoms with van der Waals surface area (Å²) < 4.78 is 1.83. The molecule has 0 spiro atoms. The zero-order chi connectivity index (χ0) is 14.7. The summed E-state index contributed by atoms with van der Waals surface area (Å²) >= 11 is 1.62. The van der Waals surface area contributed by atoms with Gasteiger partial charge in [-0.3, -0.25) is 9.67 Å². The van der Waals surface area contributed by atoms with E-state index >= 15 is 0 Å². The summed E-state index contributed by atoms with van der Waals surface area (Å²) in [7, 11) is 1.94. The minimum absolute atomic E-state index is 0.696. The molecule has 3 heterocycles. The second kappa shape index (κ2) is 6.05. The lowest BCUT2D eigenvalue weighted by molar-refractivity contribution is 0.746. The number of hydrogen-bond acceptors (Lipinski definition) is 5. The molecule has 5 nitrogen and oxygen atoms in total. The van der Waals surface area contributed by atoms with E-state index in [1.807, 2.05) is 36.1 Å². The highest BCUT2D eigenvalue weighted by Crippen LogP contribution is 2.22. The van der Waals surface area contributed by atoms with Gasteiger partial charge in [-0.1, -0.05) is 13.0 Å². The second-order valence-corrected chi connectivity index (χ2v) is 5.59. The predicted molar refractivity (Wildman–Crippen MR) is 85.3 cm³/mol. The first-order valence-corrected chi connectivity index (χ1v) is 7.76. The number of nitrogens with zero attached hydrogens (tertiary/aromatic N) is 4. The third-order valence-corrected chi connectivity index (χ3v) is 4.05. The Bertz CT molecular complexity index is 717. The molecule has 0 saturated carbocycles. The van der Waals surface area contributed by atoms with E-state index in [0.29, 0.717) is 6.54 Å². The van der Waals surface area contributed by atoms with Crippen LogP contribution in [0.3, 0.4) is 0 Å². The molecule has 3 rings (SSSR count). The number of aromatic nitrogens is 4. The van der Waals surface area contributed by atoms with Crippen LogP contribution in [0.4, 0.5) is 5.69 Å². The first kappa shape index (κ1) is 13.8. The van der Waals surface area contributed by atoms with Crippen LogP contribution >= 0.6 is 11.3 Å². The van der Waals surface area contributed by atoms with Crippen molar-refractivity contribution in [1.29, 1.82) is 0 Å². The van der Waals surface area contributed by atoms with Crippen molar-refractivity contribution >= 4 is 17.0 Å². The average molecular weight is 299 g/mol.